The average Bonchev–Trinajstić information content (AvgIpc) is 3.06. The van der Waals surface area contributed by atoms with Gasteiger partial charge in [0.25, 0.3) is 0 Å². The Kier molecular flexibility index (Phi) is 3.80. The van der Waals surface area contributed by atoms with Gasteiger partial charge in [-0.2, -0.15) is 0 Å². The van der Waals surface area contributed by atoms with Crippen molar-refractivity contribution in [3.8, 4) is 0 Å². The van der Waals surface area contributed by atoms with Crippen LogP contribution in [-0.2, 0) is 21.1 Å². The van der Waals surface area contributed by atoms with Crippen LogP contribution >= 0.6 is 0 Å². The van der Waals surface area contributed by atoms with Crippen molar-refractivity contribution >= 4 is 32.5 Å². The number of aryl methyl sites for hydroxylation is 1. The van der Waals surface area contributed by atoms with Gasteiger partial charge in [0.1, 0.15) is 5.75 Å². The predicted molar refractivity (Wildman–Crippen MR) is 95.3 cm³/mol. The molecule has 0 fully saturated rings. The Labute approximate surface area is 145 Å². The SMILES string of the molecule is O=C(CS(=O)(=O)c1nc2ccccc2[nH]1)N1CCCc2ccccc21. The summed E-state index contributed by atoms with van der Waals surface area (Å²) in [6, 6.07) is 14.7. The number of sulfone groups is 1. The highest BCUT2D eigenvalue weighted by atomic mass is 32.2. The van der Waals surface area contributed by atoms with E-state index < -0.39 is 21.5 Å². The Bertz CT molecular complexity index is 1020. The maximum atomic E-state index is 12.7. The van der Waals surface area contributed by atoms with Crippen molar-refractivity contribution in [1.82, 2.24) is 9.97 Å². The van der Waals surface area contributed by atoms with Gasteiger partial charge in [-0.3, -0.25) is 4.79 Å². The molecule has 0 atom stereocenters. The van der Waals surface area contributed by atoms with Crippen molar-refractivity contribution < 1.29 is 13.2 Å². The third-order valence-electron chi connectivity index (χ3n) is 4.39. The molecule has 7 heteroatoms. The molecular weight excluding hydrogens is 338 g/mol. The van der Waals surface area contributed by atoms with Gasteiger partial charge in [-0.05, 0) is 36.6 Å². The minimum atomic E-state index is -3.83. The van der Waals surface area contributed by atoms with Crippen LogP contribution in [0.5, 0.6) is 0 Å². The highest BCUT2D eigenvalue weighted by Gasteiger charge is 2.29. The first kappa shape index (κ1) is 15.8. The second kappa shape index (κ2) is 6.00. The molecule has 0 saturated carbocycles. The Hall–Kier alpha value is -2.67. The largest absolute Gasteiger partial charge is 0.329 e. The summed E-state index contributed by atoms with van der Waals surface area (Å²) >= 11 is 0. The van der Waals surface area contributed by atoms with Crippen molar-refractivity contribution in [2.45, 2.75) is 18.0 Å². The molecule has 2 heterocycles. The molecule has 0 bridgehead atoms. The molecule has 2 aromatic carbocycles. The number of para-hydroxylation sites is 3. The van der Waals surface area contributed by atoms with Crippen LogP contribution in [0.4, 0.5) is 5.69 Å². The maximum absolute atomic E-state index is 12.7. The number of aromatic nitrogens is 2. The number of rotatable bonds is 3. The van der Waals surface area contributed by atoms with Gasteiger partial charge in [-0.1, -0.05) is 30.3 Å². The number of benzene rings is 2. The molecule has 6 nitrogen and oxygen atoms in total. The Morgan fingerprint density at radius 1 is 1.12 bits per heavy atom. The second-order valence-electron chi connectivity index (χ2n) is 6.10. The topological polar surface area (TPSA) is 83.1 Å². The van der Waals surface area contributed by atoms with Crippen LogP contribution in [0.2, 0.25) is 0 Å². The lowest BCUT2D eigenvalue weighted by atomic mass is 10.0. The summed E-state index contributed by atoms with van der Waals surface area (Å²) < 4.78 is 25.3. The van der Waals surface area contributed by atoms with Gasteiger partial charge >= 0.3 is 0 Å². The highest BCUT2D eigenvalue weighted by molar-refractivity contribution is 7.92. The number of nitrogens with one attached hydrogen (secondary N) is 1. The molecule has 1 N–H and O–H groups in total. The normalized spacial score (nSPS) is 14.5. The summed E-state index contributed by atoms with van der Waals surface area (Å²) in [5.74, 6) is -1.02. The molecule has 128 valence electrons. The summed E-state index contributed by atoms with van der Waals surface area (Å²) in [5, 5.41) is -0.160. The molecule has 4 rings (SSSR count). The predicted octanol–water partition coefficient (Wildman–Crippen LogP) is 2.32. The van der Waals surface area contributed by atoms with Crippen LogP contribution in [-0.4, -0.2) is 36.6 Å². The smallest absolute Gasteiger partial charge is 0.242 e. The number of hydrogen-bond donors (Lipinski definition) is 1. The van der Waals surface area contributed by atoms with Crippen molar-refractivity contribution in [3.63, 3.8) is 0 Å². The summed E-state index contributed by atoms with van der Waals surface area (Å²) in [6.45, 7) is 0.533. The first-order chi connectivity index (χ1) is 12.0. The van der Waals surface area contributed by atoms with E-state index >= 15 is 0 Å². The Balaban J connectivity index is 1.62. The number of imidazole rings is 1. The van der Waals surface area contributed by atoms with Gasteiger partial charge in [-0.15, -0.1) is 0 Å². The summed E-state index contributed by atoms with van der Waals surface area (Å²) in [7, 11) is -3.83. The lowest BCUT2D eigenvalue weighted by Crippen LogP contribution is -2.39. The van der Waals surface area contributed by atoms with Crippen LogP contribution in [0.25, 0.3) is 11.0 Å². The quantitative estimate of drug-likeness (QED) is 0.781. The lowest BCUT2D eigenvalue weighted by Gasteiger charge is -2.29. The van der Waals surface area contributed by atoms with E-state index in [1.165, 1.54) is 0 Å². The summed E-state index contributed by atoms with van der Waals surface area (Å²) in [6.07, 6.45) is 1.73. The number of anilines is 1. The van der Waals surface area contributed by atoms with Crippen molar-refractivity contribution in [3.05, 3.63) is 54.1 Å². The fourth-order valence-electron chi connectivity index (χ4n) is 3.18. The zero-order valence-electron chi connectivity index (χ0n) is 13.5. The van der Waals surface area contributed by atoms with Crippen LogP contribution in [0, 0.1) is 0 Å². The lowest BCUT2D eigenvalue weighted by molar-refractivity contribution is -0.116. The number of amides is 1. The summed E-state index contributed by atoms with van der Waals surface area (Å²) in [5.41, 5.74) is 3.08. The van der Waals surface area contributed by atoms with E-state index in [9.17, 15) is 13.2 Å². The molecular formula is C18H17N3O3S. The zero-order chi connectivity index (χ0) is 17.4. The number of carbonyl (C=O) groups is 1. The number of H-pyrrole nitrogens is 1. The summed E-state index contributed by atoms with van der Waals surface area (Å²) in [4.78, 5) is 21.1. The van der Waals surface area contributed by atoms with Crippen molar-refractivity contribution in [1.29, 1.82) is 0 Å². The van der Waals surface area contributed by atoms with Gasteiger partial charge in [0.2, 0.25) is 20.9 Å². The maximum Gasteiger partial charge on any atom is 0.242 e. The fourth-order valence-corrected chi connectivity index (χ4v) is 4.30. The van der Waals surface area contributed by atoms with Gasteiger partial charge < -0.3 is 9.88 Å². The van der Waals surface area contributed by atoms with E-state index in [2.05, 4.69) is 9.97 Å². The van der Waals surface area contributed by atoms with Crippen LogP contribution in [0.15, 0.2) is 53.7 Å². The minimum absolute atomic E-state index is 0.160. The first-order valence-electron chi connectivity index (χ1n) is 8.10. The molecule has 1 amide bonds. The van der Waals surface area contributed by atoms with E-state index in [1.54, 1.807) is 29.2 Å². The Morgan fingerprint density at radius 2 is 1.88 bits per heavy atom. The first-order valence-corrected chi connectivity index (χ1v) is 9.75. The molecule has 0 radical (unpaired) electrons. The van der Waals surface area contributed by atoms with E-state index in [0.29, 0.717) is 17.6 Å². The highest BCUT2D eigenvalue weighted by Crippen LogP contribution is 2.27. The number of aromatic amines is 1. The van der Waals surface area contributed by atoms with Crippen molar-refractivity contribution in [2.24, 2.45) is 0 Å². The van der Waals surface area contributed by atoms with E-state index in [1.807, 2.05) is 24.3 Å². The van der Waals surface area contributed by atoms with Crippen LogP contribution in [0.1, 0.15) is 12.0 Å². The monoisotopic (exact) mass is 355 g/mol. The zero-order valence-corrected chi connectivity index (χ0v) is 14.3. The standard InChI is InChI=1S/C18H17N3O3S/c22-17(21-11-5-7-13-6-1-4-10-16(13)21)12-25(23,24)18-19-14-8-2-3-9-15(14)20-18/h1-4,6,8-10H,5,7,11-12H2,(H,19,20). The molecule has 1 aromatic heterocycles. The number of carbonyl (C=O) groups excluding carboxylic acids is 1. The van der Waals surface area contributed by atoms with Gasteiger partial charge in [-0.25, -0.2) is 13.4 Å². The van der Waals surface area contributed by atoms with Crippen LogP contribution in [0.3, 0.4) is 0 Å². The molecule has 25 heavy (non-hydrogen) atoms. The molecule has 0 unspecified atom stereocenters. The third-order valence-corrected chi connectivity index (χ3v) is 5.80. The van der Waals surface area contributed by atoms with E-state index in [4.69, 9.17) is 0 Å². The molecule has 0 spiro atoms. The number of fused-ring (bicyclic) bond motifs is 2. The Morgan fingerprint density at radius 3 is 2.72 bits per heavy atom. The second-order valence-corrected chi connectivity index (χ2v) is 8.00. The van der Waals surface area contributed by atoms with E-state index in [0.717, 1.165) is 24.1 Å². The average molecular weight is 355 g/mol. The van der Waals surface area contributed by atoms with Gasteiger partial charge in [0, 0.05) is 12.2 Å². The van der Waals surface area contributed by atoms with Gasteiger partial charge in [0.15, 0.2) is 0 Å². The molecule has 1 aliphatic heterocycles. The molecule has 0 aliphatic carbocycles. The third kappa shape index (κ3) is 2.91. The number of nitrogens with zero attached hydrogens (tertiary/aromatic N) is 2. The van der Waals surface area contributed by atoms with Crippen LogP contribution < -0.4 is 4.90 Å². The minimum Gasteiger partial charge on any atom is -0.329 e. The van der Waals surface area contributed by atoms with E-state index in [-0.39, 0.29) is 5.16 Å². The fraction of sp³-hybridized carbons (Fsp3) is 0.222. The van der Waals surface area contributed by atoms with Crippen molar-refractivity contribution in [2.75, 3.05) is 17.2 Å². The molecule has 3 aromatic rings. The van der Waals surface area contributed by atoms with Gasteiger partial charge in [0.05, 0.1) is 11.0 Å². The number of hydrogen-bond acceptors (Lipinski definition) is 4. The molecule has 1 aliphatic rings. The molecule has 0 saturated heterocycles.